The lowest BCUT2D eigenvalue weighted by Crippen LogP contribution is -1.99. The fourth-order valence-corrected chi connectivity index (χ4v) is 1.86. The van der Waals surface area contributed by atoms with Crippen LogP contribution in [0.15, 0.2) is 30.3 Å². The summed E-state index contributed by atoms with van der Waals surface area (Å²) in [6, 6.07) is 9.70. The molecular formula is C14H18N2O. The third-order valence-electron chi connectivity index (χ3n) is 2.79. The van der Waals surface area contributed by atoms with E-state index in [9.17, 15) is 5.11 Å². The average molecular weight is 230 g/mol. The van der Waals surface area contributed by atoms with Gasteiger partial charge in [0.25, 0.3) is 0 Å². The van der Waals surface area contributed by atoms with Crippen molar-refractivity contribution in [3.63, 3.8) is 0 Å². The molecule has 0 aliphatic heterocycles. The van der Waals surface area contributed by atoms with E-state index in [1.54, 1.807) is 4.68 Å². The van der Waals surface area contributed by atoms with E-state index in [4.69, 9.17) is 0 Å². The molecule has 0 aliphatic carbocycles. The molecule has 2 rings (SSSR count). The largest absolute Gasteiger partial charge is 0.493 e. The normalized spacial score (nSPS) is 11.1. The van der Waals surface area contributed by atoms with Crippen LogP contribution in [0.25, 0.3) is 5.69 Å². The standard InChI is InChI=1S/C14H18N2O/c1-10(2)9-13-11(3)14(17)16(15-13)12-7-5-4-6-8-12/h4-8,10,17H,9H2,1-3H3. The Morgan fingerprint density at radius 3 is 2.47 bits per heavy atom. The molecule has 0 spiro atoms. The number of benzene rings is 1. The molecular weight excluding hydrogens is 212 g/mol. The summed E-state index contributed by atoms with van der Waals surface area (Å²) < 4.78 is 1.60. The predicted molar refractivity (Wildman–Crippen MR) is 68.5 cm³/mol. The van der Waals surface area contributed by atoms with Gasteiger partial charge in [-0.15, -0.1) is 0 Å². The molecule has 3 nitrogen and oxygen atoms in total. The molecule has 1 aromatic heterocycles. The maximum absolute atomic E-state index is 10.1. The van der Waals surface area contributed by atoms with Crippen LogP contribution in [0.4, 0.5) is 0 Å². The van der Waals surface area contributed by atoms with Crippen molar-refractivity contribution in [3.8, 4) is 11.6 Å². The highest BCUT2D eigenvalue weighted by molar-refractivity contribution is 5.39. The van der Waals surface area contributed by atoms with Gasteiger partial charge in [0.1, 0.15) is 0 Å². The van der Waals surface area contributed by atoms with Crippen LogP contribution in [0, 0.1) is 12.8 Å². The summed E-state index contributed by atoms with van der Waals surface area (Å²) in [7, 11) is 0. The van der Waals surface area contributed by atoms with Crippen LogP contribution in [-0.4, -0.2) is 14.9 Å². The zero-order valence-corrected chi connectivity index (χ0v) is 10.5. The highest BCUT2D eigenvalue weighted by Gasteiger charge is 2.15. The van der Waals surface area contributed by atoms with E-state index in [2.05, 4.69) is 18.9 Å². The number of hydrogen-bond donors (Lipinski definition) is 1. The van der Waals surface area contributed by atoms with Crippen LogP contribution in [0.3, 0.4) is 0 Å². The van der Waals surface area contributed by atoms with Gasteiger partial charge < -0.3 is 5.11 Å². The van der Waals surface area contributed by atoms with E-state index in [0.717, 1.165) is 23.4 Å². The van der Waals surface area contributed by atoms with Crippen molar-refractivity contribution in [2.45, 2.75) is 27.2 Å². The minimum absolute atomic E-state index is 0.242. The second kappa shape index (κ2) is 4.62. The summed E-state index contributed by atoms with van der Waals surface area (Å²) in [6.45, 7) is 6.22. The summed E-state index contributed by atoms with van der Waals surface area (Å²) in [5.74, 6) is 0.777. The van der Waals surface area contributed by atoms with Crippen molar-refractivity contribution in [2.24, 2.45) is 5.92 Å². The van der Waals surface area contributed by atoms with Crippen molar-refractivity contribution in [3.05, 3.63) is 41.6 Å². The second-order valence-electron chi connectivity index (χ2n) is 4.74. The lowest BCUT2D eigenvalue weighted by atomic mass is 10.1. The monoisotopic (exact) mass is 230 g/mol. The molecule has 0 unspecified atom stereocenters. The first-order chi connectivity index (χ1) is 8.09. The van der Waals surface area contributed by atoms with Crippen LogP contribution < -0.4 is 0 Å². The van der Waals surface area contributed by atoms with Crippen LogP contribution in [0.1, 0.15) is 25.1 Å². The summed E-state index contributed by atoms with van der Waals surface area (Å²) in [4.78, 5) is 0. The zero-order valence-electron chi connectivity index (χ0n) is 10.5. The maximum Gasteiger partial charge on any atom is 0.217 e. The van der Waals surface area contributed by atoms with Gasteiger partial charge in [0, 0.05) is 5.56 Å². The molecule has 0 atom stereocenters. The third-order valence-corrected chi connectivity index (χ3v) is 2.79. The van der Waals surface area contributed by atoms with Crippen LogP contribution in [0.5, 0.6) is 5.88 Å². The molecule has 3 heteroatoms. The SMILES string of the molecule is Cc1c(CC(C)C)nn(-c2ccccc2)c1O. The van der Waals surface area contributed by atoms with Crippen molar-refractivity contribution in [2.75, 3.05) is 0 Å². The molecule has 0 radical (unpaired) electrons. The van der Waals surface area contributed by atoms with Crippen molar-refractivity contribution < 1.29 is 5.11 Å². The topological polar surface area (TPSA) is 38.0 Å². The van der Waals surface area contributed by atoms with Gasteiger partial charge >= 0.3 is 0 Å². The molecule has 1 N–H and O–H groups in total. The summed E-state index contributed by atoms with van der Waals surface area (Å²) in [5, 5.41) is 14.6. The first-order valence-electron chi connectivity index (χ1n) is 5.92. The molecule has 0 saturated heterocycles. The minimum atomic E-state index is 0.242. The Balaban J connectivity index is 2.43. The first kappa shape index (κ1) is 11.7. The number of aromatic nitrogens is 2. The Morgan fingerprint density at radius 2 is 1.88 bits per heavy atom. The Kier molecular flexibility index (Phi) is 3.18. The van der Waals surface area contributed by atoms with Crippen molar-refractivity contribution >= 4 is 0 Å². The number of nitrogens with zero attached hydrogens (tertiary/aromatic N) is 2. The summed E-state index contributed by atoms with van der Waals surface area (Å²) >= 11 is 0. The average Bonchev–Trinajstić information content (AvgIpc) is 2.58. The van der Waals surface area contributed by atoms with E-state index < -0.39 is 0 Å². The first-order valence-corrected chi connectivity index (χ1v) is 5.92. The number of para-hydroxylation sites is 1. The van der Waals surface area contributed by atoms with Crippen LogP contribution in [-0.2, 0) is 6.42 Å². The van der Waals surface area contributed by atoms with Crippen LogP contribution >= 0.6 is 0 Å². The van der Waals surface area contributed by atoms with Gasteiger partial charge in [-0.05, 0) is 31.4 Å². The number of rotatable bonds is 3. The van der Waals surface area contributed by atoms with Crippen molar-refractivity contribution in [1.82, 2.24) is 9.78 Å². The van der Waals surface area contributed by atoms with Gasteiger partial charge in [-0.3, -0.25) is 0 Å². The van der Waals surface area contributed by atoms with Gasteiger partial charge in [0.15, 0.2) is 0 Å². The van der Waals surface area contributed by atoms with Gasteiger partial charge in [-0.2, -0.15) is 5.10 Å². The lowest BCUT2D eigenvalue weighted by Gasteiger charge is -2.02. The van der Waals surface area contributed by atoms with Gasteiger partial charge in [-0.1, -0.05) is 32.0 Å². The quantitative estimate of drug-likeness (QED) is 0.880. The number of hydrogen-bond acceptors (Lipinski definition) is 2. The van der Waals surface area contributed by atoms with Gasteiger partial charge in [-0.25, -0.2) is 4.68 Å². The Hall–Kier alpha value is -1.77. The third kappa shape index (κ3) is 2.33. The predicted octanol–water partition coefficient (Wildman–Crippen LogP) is 3.08. The molecule has 0 aliphatic rings. The summed E-state index contributed by atoms with van der Waals surface area (Å²) in [5.41, 5.74) is 2.74. The molecule has 1 aromatic carbocycles. The molecule has 1 heterocycles. The van der Waals surface area contributed by atoms with E-state index in [-0.39, 0.29) is 5.88 Å². The molecule has 17 heavy (non-hydrogen) atoms. The Bertz CT molecular complexity index is 500. The molecule has 0 bridgehead atoms. The zero-order chi connectivity index (χ0) is 12.4. The van der Waals surface area contributed by atoms with Gasteiger partial charge in [0.2, 0.25) is 5.88 Å². The van der Waals surface area contributed by atoms with Crippen molar-refractivity contribution in [1.29, 1.82) is 0 Å². The second-order valence-corrected chi connectivity index (χ2v) is 4.74. The Morgan fingerprint density at radius 1 is 1.24 bits per heavy atom. The van der Waals surface area contributed by atoms with Crippen LogP contribution in [0.2, 0.25) is 0 Å². The molecule has 90 valence electrons. The maximum atomic E-state index is 10.1. The highest BCUT2D eigenvalue weighted by atomic mass is 16.3. The molecule has 0 amide bonds. The lowest BCUT2D eigenvalue weighted by molar-refractivity contribution is 0.430. The van der Waals surface area contributed by atoms with E-state index in [1.807, 2.05) is 37.3 Å². The smallest absolute Gasteiger partial charge is 0.217 e. The van der Waals surface area contributed by atoms with E-state index in [0.29, 0.717) is 5.92 Å². The molecule has 0 saturated carbocycles. The molecule has 2 aromatic rings. The fourth-order valence-electron chi connectivity index (χ4n) is 1.86. The molecule has 0 fully saturated rings. The highest BCUT2D eigenvalue weighted by Crippen LogP contribution is 2.25. The van der Waals surface area contributed by atoms with E-state index >= 15 is 0 Å². The van der Waals surface area contributed by atoms with Gasteiger partial charge in [0.05, 0.1) is 11.4 Å². The summed E-state index contributed by atoms with van der Waals surface area (Å²) in [6.07, 6.45) is 0.888. The number of aromatic hydroxyl groups is 1. The fraction of sp³-hybridized carbons (Fsp3) is 0.357. The minimum Gasteiger partial charge on any atom is -0.493 e. The van der Waals surface area contributed by atoms with E-state index in [1.165, 1.54) is 0 Å². The Labute approximate surface area is 102 Å².